The van der Waals surface area contributed by atoms with Gasteiger partial charge in [0, 0.05) is 30.6 Å². The number of esters is 1. The van der Waals surface area contributed by atoms with E-state index >= 15 is 0 Å². The first kappa shape index (κ1) is 20.3. The van der Waals surface area contributed by atoms with E-state index in [1.165, 1.54) is 6.20 Å². The molecule has 0 saturated heterocycles. The Morgan fingerprint density at radius 1 is 1.00 bits per heavy atom. The number of ether oxygens (including phenoxy) is 2. The van der Waals surface area contributed by atoms with Crippen LogP contribution in [-0.2, 0) is 11.3 Å². The molecule has 4 aromatic rings. The Kier molecular flexibility index (Phi) is 6.03. The second-order valence-electron chi connectivity index (χ2n) is 6.76. The summed E-state index contributed by atoms with van der Waals surface area (Å²) in [6, 6.07) is 17.4. The van der Waals surface area contributed by atoms with Crippen LogP contribution in [0.4, 0.5) is 5.69 Å². The van der Waals surface area contributed by atoms with Gasteiger partial charge in [-0.05, 0) is 30.7 Å². The summed E-state index contributed by atoms with van der Waals surface area (Å²) in [6.07, 6.45) is 3.23. The van der Waals surface area contributed by atoms with E-state index in [-0.39, 0.29) is 6.61 Å². The summed E-state index contributed by atoms with van der Waals surface area (Å²) in [6.45, 7) is 2.58. The van der Waals surface area contributed by atoms with Crippen LogP contribution in [0.25, 0.3) is 22.3 Å². The maximum atomic E-state index is 12.6. The molecule has 4 rings (SSSR count). The van der Waals surface area contributed by atoms with Gasteiger partial charge < -0.3 is 14.8 Å². The van der Waals surface area contributed by atoms with Gasteiger partial charge in [0.15, 0.2) is 0 Å². The van der Waals surface area contributed by atoms with E-state index in [9.17, 15) is 4.79 Å². The molecule has 0 fully saturated rings. The fourth-order valence-corrected chi connectivity index (χ4v) is 3.21. The molecule has 156 valence electrons. The average Bonchev–Trinajstić information content (AvgIpc) is 2.83. The maximum Gasteiger partial charge on any atom is 0.341 e. The second kappa shape index (κ2) is 9.21. The van der Waals surface area contributed by atoms with Crippen LogP contribution in [0.1, 0.15) is 22.8 Å². The standard InChI is InChI=1S/C24H22N4O3/c1-3-31-24(29)18-15-25-20-11-10-19(17-9-12-21(30-2)26-14-17)28-23(20)22(18)27-13-16-7-5-4-6-8-16/h4-12,14-15H,3,13H2,1-2H3,(H,25,27). The lowest BCUT2D eigenvalue weighted by molar-refractivity contribution is 0.0527. The van der Waals surface area contributed by atoms with E-state index in [0.29, 0.717) is 40.4 Å². The fourth-order valence-electron chi connectivity index (χ4n) is 3.21. The predicted molar refractivity (Wildman–Crippen MR) is 119 cm³/mol. The Labute approximate surface area is 180 Å². The molecule has 1 N–H and O–H groups in total. The van der Waals surface area contributed by atoms with Crippen LogP contribution >= 0.6 is 0 Å². The lowest BCUT2D eigenvalue weighted by Gasteiger charge is -2.14. The number of hydrogen-bond acceptors (Lipinski definition) is 7. The quantitative estimate of drug-likeness (QED) is 0.446. The van der Waals surface area contributed by atoms with Gasteiger partial charge in [-0.2, -0.15) is 0 Å². The van der Waals surface area contributed by atoms with Gasteiger partial charge in [0.1, 0.15) is 11.1 Å². The number of methoxy groups -OCH3 is 1. The van der Waals surface area contributed by atoms with E-state index in [4.69, 9.17) is 14.5 Å². The van der Waals surface area contributed by atoms with E-state index in [1.807, 2.05) is 48.5 Å². The number of nitrogens with zero attached hydrogens (tertiary/aromatic N) is 3. The van der Waals surface area contributed by atoms with E-state index in [2.05, 4.69) is 15.3 Å². The topological polar surface area (TPSA) is 86.2 Å². The smallest absolute Gasteiger partial charge is 0.341 e. The molecular weight excluding hydrogens is 392 g/mol. The third kappa shape index (κ3) is 4.45. The summed E-state index contributed by atoms with van der Waals surface area (Å²) < 4.78 is 10.4. The van der Waals surface area contributed by atoms with Crippen molar-refractivity contribution in [1.82, 2.24) is 15.0 Å². The molecule has 1 aromatic carbocycles. The summed E-state index contributed by atoms with van der Waals surface area (Å²) in [5.41, 5.74) is 4.84. The number of carbonyl (C=O) groups is 1. The Hall–Kier alpha value is -4.00. The molecule has 0 bridgehead atoms. The minimum atomic E-state index is -0.439. The number of fused-ring (bicyclic) bond motifs is 1. The molecule has 3 heterocycles. The van der Waals surface area contributed by atoms with Crippen molar-refractivity contribution in [2.24, 2.45) is 0 Å². The van der Waals surface area contributed by atoms with Crippen LogP contribution in [0.2, 0.25) is 0 Å². The second-order valence-corrected chi connectivity index (χ2v) is 6.76. The van der Waals surface area contributed by atoms with Crippen molar-refractivity contribution in [3.8, 4) is 17.1 Å². The van der Waals surface area contributed by atoms with Crippen LogP contribution < -0.4 is 10.1 Å². The minimum absolute atomic E-state index is 0.278. The van der Waals surface area contributed by atoms with Crippen LogP contribution in [0.3, 0.4) is 0 Å². The third-order valence-corrected chi connectivity index (χ3v) is 4.76. The number of benzene rings is 1. The van der Waals surface area contributed by atoms with Crippen molar-refractivity contribution >= 4 is 22.7 Å². The summed E-state index contributed by atoms with van der Waals surface area (Å²) in [5.74, 6) is 0.0896. The molecule has 0 amide bonds. The van der Waals surface area contributed by atoms with E-state index < -0.39 is 5.97 Å². The highest BCUT2D eigenvalue weighted by Gasteiger charge is 2.18. The van der Waals surface area contributed by atoms with Gasteiger partial charge in [-0.3, -0.25) is 4.98 Å². The predicted octanol–water partition coefficient (Wildman–Crippen LogP) is 4.49. The first-order valence-electron chi connectivity index (χ1n) is 9.94. The van der Waals surface area contributed by atoms with Gasteiger partial charge in [0.25, 0.3) is 0 Å². The normalized spacial score (nSPS) is 10.6. The van der Waals surface area contributed by atoms with Gasteiger partial charge in [0.2, 0.25) is 5.88 Å². The molecule has 0 spiro atoms. The largest absolute Gasteiger partial charge is 0.481 e. The monoisotopic (exact) mass is 414 g/mol. The molecule has 0 saturated carbocycles. The summed E-state index contributed by atoms with van der Waals surface area (Å²) >= 11 is 0. The van der Waals surface area contributed by atoms with Gasteiger partial charge in [-0.1, -0.05) is 30.3 Å². The number of aromatic nitrogens is 3. The zero-order chi connectivity index (χ0) is 21.6. The van der Waals surface area contributed by atoms with E-state index in [1.54, 1.807) is 26.3 Å². The first-order valence-corrected chi connectivity index (χ1v) is 9.94. The first-order chi connectivity index (χ1) is 15.2. The molecule has 0 unspecified atom stereocenters. The lowest BCUT2D eigenvalue weighted by atomic mass is 10.1. The Balaban J connectivity index is 1.79. The summed E-state index contributed by atoms with van der Waals surface area (Å²) in [5, 5.41) is 3.37. The number of anilines is 1. The van der Waals surface area contributed by atoms with Gasteiger partial charge in [0.05, 0.1) is 30.6 Å². The fraction of sp³-hybridized carbons (Fsp3) is 0.167. The minimum Gasteiger partial charge on any atom is -0.481 e. The van der Waals surface area contributed by atoms with Crippen molar-refractivity contribution in [2.45, 2.75) is 13.5 Å². The number of rotatable bonds is 7. The van der Waals surface area contributed by atoms with Crippen LogP contribution in [0.15, 0.2) is 67.0 Å². The number of nitrogens with one attached hydrogen (secondary N) is 1. The van der Waals surface area contributed by atoms with Gasteiger partial charge in [-0.15, -0.1) is 0 Å². The molecule has 0 radical (unpaired) electrons. The Morgan fingerprint density at radius 2 is 1.84 bits per heavy atom. The molecule has 0 aliphatic heterocycles. The van der Waals surface area contributed by atoms with Crippen molar-refractivity contribution < 1.29 is 14.3 Å². The molecule has 0 aliphatic carbocycles. The molecule has 7 nitrogen and oxygen atoms in total. The van der Waals surface area contributed by atoms with E-state index in [0.717, 1.165) is 11.1 Å². The van der Waals surface area contributed by atoms with Crippen LogP contribution in [-0.4, -0.2) is 34.6 Å². The third-order valence-electron chi connectivity index (χ3n) is 4.76. The molecule has 0 aliphatic rings. The SMILES string of the molecule is CCOC(=O)c1cnc2ccc(-c3ccc(OC)nc3)nc2c1NCc1ccccc1. The number of pyridine rings is 3. The molecule has 7 heteroatoms. The zero-order valence-electron chi connectivity index (χ0n) is 17.3. The van der Waals surface area contributed by atoms with Crippen LogP contribution in [0.5, 0.6) is 5.88 Å². The lowest BCUT2D eigenvalue weighted by Crippen LogP contribution is -2.12. The molecule has 31 heavy (non-hydrogen) atoms. The van der Waals surface area contributed by atoms with Crippen molar-refractivity contribution in [2.75, 3.05) is 19.0 Å². The van der Waals surface area contributed by atoms with Gasteiger partial charge >= 0.3 is 5.97 Å². The molecule has 3 aromatic heterocycles. The van der Waals surface area contributed by atoms with Crippen LogP contribution in [0, 0.1) is 0 Å². The number of hydrogen-bond donors (Lipinski definition) is 1. The van der Waals surface area contributed by atoms with Crippen molar-refractivity contribution in [3.63, 3.8) is 0 Å². The summed E-state index contributed by atoms with van der Waals surface area (Å²) in [7, 11) is 1.57. The highest BCUT2D eigenvalue weighted by molar-refractivity contribution is 6.03. The molecular formula is C24H22N4O3. The summed E-state index contributed by atoms with van der Waals surface area (Å²) in [4.78, 5) is 26.1. The Morgan fingerprint density at radius 3 is 2.55 bits per heavy atom. The highest BCUT2D eigenvalue weighted by Crippen LogP contribution is 2.29. The molecule has 0 atom stereocenters. The zero-order valence-corrected chi connectivity index (χ0v) is 17.3. The maximum absolute atomic E-state index is 12.6. The average molecular weight is 414 g/mol. The highest BCUT2D eigenvalue weighted by atomic mass is 16.5. The number of carbonyl (C=O) groups excluding carboxylic acids is 1. The van der Waals surface area contributed by atoms with Crippen molar-refractivity contribution in [3.05, 3.63) is 78.1 Å². The van der Waals surface area contributed by atoms with Crippen molar-refractivity contribution in [1.29, 1.82) is 0 Å². The van der Waals surface area contributed by atoms with Gasteiger partial charge in [-0.25, -0.2) is 14.8 Å². The Bertz CT molecular complexity index is 1190.